The van der Waals surface area contributed by atoms with Gasteiger partial charge in [0.1, 0.15) is 11.9 Å². The van der Waals surface area contributed by atoms with Crippen molar-refractivity contribution in [2.24, 2.45) is 0 Å². The minimum atomic E-state index is -0.153. The van der Waals surface area contributed by atoms with Crippen LogP contribution in [0.25, 0.3) is 0 Å². The van der Waals surface area contributed by atoms with Gasteiger partial charge in [0.2, 0.25) is 0 Å². The van der Waals surface area contributed by atoms with Crippen molar-refractivity contribution in [3.8, 4) is 5.75 Å². The fraction of sp³-hybridized carbons (Fsp3) is 0.533. The van der Waals surface area contributed by atoms with Crippen molar-refractivity contribution >= 4 is 6.03 Å². The van der Waals surface area contributed by atoms with E-state index in [0.29, 0.717) is 13.1 Å². The van der Waals surface area contributed by atoms with Crippen molar-refractivity contribution in [2.45, 2.75) is 31.5 Å². The number of hydrogen-bond donors (Lipinski definition) is 2. The van der Waals surface area contributed by atoms with Gasteiger partial charge in [-0.15, -0.1) is 0 Å². The summed E-state index contributed by atoms with van der Waals surface area (Å²) >= 11 is 0. The number of para-hydroxylation sites is 1. The van der Waals surface area contributed by atoms with E-state index < -0.39 is 0 Å². The van der Waals surface area contributed by atoms with E-state index in [-0.39, 0.29) is 18.2 Å². The molecule has 0 aliphatic carbocycles. The van der Waals surface area contributed by atoms with Crippen LogP contribution in [0.3, 0.4) is 0 Å². The highest BCUT2D eigenvalue weighted by Crippen LogP contribution is 2.27. The second-order valence-corrected chi connectivity index (χ2v) is 5.28. The maximum atomic E-state index is 11.7. The van der Waals surface area contributed by atoms with Gasteiger partial charge in [-0.25, -0.2) is 4.79 Å². The molecule has 0 spiro atoms. The van der Waals surface area contributed by atoms with Crippen molar-refractivity contribution in [3.05, 3.63) is 29.8 Å². The van der Waals surface area contributed by atoms with Crippen molar-refractivity contribution < 1.29 is 14.3 Å². The number of hydrogen-bond acceptors (Lipinski definition) is 3. The van der Waals surface area contributed by atoms with Gasteiger partial charge >= 0.3 is 6.03 Å². The molecule has 3 rings (SSSR count). The Hall–Kier alpha value is -1.75. The number of nitrogens with one attached hydrogen (secondary N) is 2. The molecule has 1 aromatic rings. The Balaban J connectivity index is 1.36. The van der Waals surface area contributed by atoms with E-state index in [2.05, 4.69) is 16.7 Å². The molecule has 1 saturated heterocycles. The summed E-state index contributed by atoms with van der Waals surface area (Å²) in [5.41, 5.74) is 1.21. The van der Waals surface area contributed by atoms with Crippen LogP contribution in [-0.2, 0) is 11.2 Å². The molecule has 2 N–H and O–H groups in total. The molecule has 2 heterocycles. The van der Waals surface area contributed by atoms with Crippen LogP contribution in [0.15, 0.2) is 24.3 Å². The van der Waals surface area contributed by atoms with E-state index >= 15 is 0 Å². The smallest absolute Gasteiger partial charge is 0.315 e. The molecule has 0 saturated carbocycles. The highest BCUT2D eigenvalue weighted by atomic mass is 16.5. The molecule has 2 aliphatic heterocycles. The van der Waals surface area contributed by atoms with Crippen molar-refractivity contribution in [2.75, 3.05) is 19.7 Å². The SMILES string of the molecule is O=C(NC[C@H]1CCCO1)NC[C@H]1Cc2ccccc2O1. The molecule has 1 fully saturated rings. The molecule has 5 heteroatoms. The van der Waals surface area contributed by atoms with Gasteiger partial charge in [0.15, 0.2) is 0 Å². The van der Waals surface area contributed by atoms with E-state index in [0.717, 1.165) is 31.6 Å². The van der Waals surface area contributed by atoms with Crippen LogP contribution in [0.4, 0.5) is 4.79 Å². The molecule has 0 bridgehead atoms. The van der Waals surface area contributed by atoms with Gasteiger partial charge in [-0.3, -0.25) is 0 Å². The third-order valence-corrected chi connectivity index (χ3v) is 3.72. The molecule has 0 unspecified atom stereocenters. The first kappa shape index (κ1) is 13.2. The fourth-order valence-corrected chi connectivity index (χ4v) is 2.65. The highest BCUT2D eigenvalue weighted by molar-refractivity contribution is 5.73. The molecule has 1 aromatic carbocycles. The van der Waals surface area contributed by atoms with Gasteiger partial charge in [0.25, 0.3) is 0 Å². The van der Waals surface area contributed by atoms with Gasteiger partial charge in [-0.2, -0.15) is 0 Å². The summed E-state index contributed by atoms with van der Waals surface area (Å²) in [7, 11) is 0. The Bertz CT molecular complexity index is 447. The van der Waals surface area contributed by atoms with Crippen LogP contribution in [0.2, 0.25) is 0 Å². The molecule has 0 aromatic heterocycles. The lowest BCUT2D eigenvalue weighted by atomic mass is 10.1. The van der Waals surface area contributed by atoms with Gasteiger partial charge < -0.3 is 20.1 Å². The van der Waals surface area contributed by atoms with Crippen molar-refractivity contribution in [1.29, 1.82) is 0 Å². The number of ether oxygens (including phenoxy) is 2. The lowest BCUT2D eigenvalue weighted by Gasteiger charge is -2.14. The monoisotopic (exact) mass is 276 g/mol. The summed E-state index contributed by atoms with van der Waals surface area (Å²) in [5.74, 6) is 0.930. The zero-order chi connectivity index (χ0) is 13.8. The summed E-state index contributed by atoms with van der Waals surface area (Å²) in [6.45, 7) is 1.91. The number of amides is 2. The molecule has 108 valence electrons. The van der Waals surface area contributed by atoms with E-state index in [1.807, 2.05) is 18.2 Å². The van der Waals surface area contributed by atoms with Gasteiger partial charge in [-0.05, 0) is 24.5 Å². The second-order valence-electron chi connectivity index (χ2n) is 5.28. The summed E-state index contributed by atoms with van der Waals surface area (Å²) in [4.78, 5) is 11.7. The number of rotatable bonds is 4. The third kappa shape index (κ3) is 3.22. The first-order valence-electron chi connectivity index (χ1n) is 7.19. The number of benzene rings is 1. The Kier molecular flexibility index (Phi) is 4.06. The standard InChI is InChI=1S/C15H20N2O3/c18-15(16-9-12-5-3-7-19-12)17-10-13-8-11-4-1-2-6-14(11)20-13/h1-2,4,6,12-13H,3,5,7-10H2,(H2,16,17,18)/t12-,13-/m1/s1. The molecule has 20 heavy (non-hydrogen) atoms. The summed E-state index contributed by atoms with van der Waals surface area (Å²) in [6, 6.07) is 7.84. The summed E-state index contributed by atoms with van der Waals surface area (Å²) in [6.07, 6.45) is 3.17. The molecule has 2 amide bonds. The number of carbonyl (C=O) groups is 1. The maximum absolute atomic E-state index is 11.7. The third-order valence-electron chi connectivity index (χ3n) is 3.72. The molecule has 2 aliphatic rings. The van der Waals surface area contributed by atoms with E-state index in [4.69, 9.17) is 9.47 Å². The molecule has 5 nitrogen and oxygen atoms in total. The van der Waals surface area contributed by atoms with Gasteiger partial charge in [0.05, 0.1) is 12.6 Å². The second kappa shape index (κ2) is 6.13. The van der Waals surface area contributed by atoms with Gasteiger partial charge in [-0.1, -0.05) is 18.2 Å². The topological polar surface area (TPSA) is 59.6 Å². The summed E-state index contributed by atoms with van der Waals surface area (Å²) in [5, 5.41) is 5.69. The Morgan fingerprint density at radius 3 is 2.75 bits per heavy atom. The average Bonchev–Trinajstić information content (AvgIpc) is 3.11. The van der Waals surface area contributed by atoms with Crippen molar-refractivity contribution in [3.63, 3.8) is 0 Å². The maximum Gasteiger partial charge on any atom is 0.315 e. The van der Waals surface area contributed by atoms with E-state index in [1.54, 1.807) is 0 Å². The predicted octanol–water partition coefficient (Wildman–Crippen LogP) is 1.47. The lowest BCUT2D eigenvalue weighted by Crippen LogP contribution is -2.43. The normalized spacial score (nSPS) is 24.0. The van der Waals surface area contributed by atoms with Crippen LogP contribution >= 0.6 is 0 Å². The van der Waals surface area contributed by atoms with Gasteiger partial charge in [0, 0.05) is 19.6 Å². The lowest BCUT2D eigenvalue weighted by molar-refractivity contribution is 0.111. The van der Waals surface area contributed by atoms with Crippen LogP contribution in [0.5, 0.6) is 5.75 Å². The minimum Gasteiger partial charge on any atom is -0.488 e. The molecule has 2 atom stereocenters. The fourth-order valence-electron chi connectivity index (χ4n) is 2.65. The van der Waals surface area contributed by atoms with Crippen LogP contribution < -0.4 is 15.4 Å². The molecular weight excluding hydrogens is 256 g/mol. The van der Waals surface area contributed by atoms with Crippen molar-refractivity contribution in [1.82, 2.24) is 10.6 Å². The quantitative estimate of drug-likeness (QED) is 0.875. The number of urea groups is 1. The Morgan fingerprint density at radius 1 is 1.20 bits per heavy atom. The molecular formula is C15H20N2O3. The number of fused-ring (bicyclic) bond motifs is 1. The predicted molar refractivity (Wildman–Crippen MR) is 74.9 cm³/mol. The zero-order valence-corrected chi connectivity index (χ0v) is 11.4. The summed E-state index contributed by atoms with van der Waals surface area (Å²) < 4.78 is 11.2. The first-order valence-corrected chi connectivity index (χ1v) is 7.19. The van der Waals surface area contributed by atoms with Crippen LogP contribution in [0.1, 0.15) is 18.4 Å². The zero-order valence-electron chi connectivity index (χ0n) is 11.4. The molecule has 0 radical (unpaired) electrons. The Morgan fingerprint density at radius 2 is 2.00 bits per heavy atom. The first-order chi connectivity index (χ1) is 9.81. The van der Waals surface area contributed by atoms with Crippen LogP contribution in [-0.4, -0.2) is 37.9 Å². The highest BCUT2D eigenvalue weighted by Gasteiger charge is 2.23. The van der Waals surface area contributed by atoms with E-state index in [1.165, 1.54) is 5.56 Å². The Labute approximate surface area is 118 Å². The van der Waals surface area contributed by atoms with E-state index in [9.17, 15) is 4.79 Å². The minimum absolute atomic E-state index is 0.0286. The average molecular weight is 276 g/mol. The van der Waals surface area contributed by atoms with Crippen LogP contribution in [0, 0.1) is 0 Å². The number of carbonyl (C=O) groups excluding carboxylic acids is 1. The largest absolute Gasteiger partial charge is 0.488 e.